The van der Waals surface area contributed by atoms with Crippen LogP contribution in [-0.2, 0) is 11.3 Å². The van der Waals surface area contributed by atoms with Gasteiger partial charge in [0.05, 0.1) is 6.61 Å². The van der Waals surface area contributed by atoms with Gasteiger partial charge in [-0.05, 0) is 38.4 Å². The Balaban J connectivity index is 2.41. The molecule has 0 aliphatic carbocycles. The van der Waals surface area contributed by atoms with Crippen LogP contribution in [0, 0.1) is 0 Å². The molecule has 1 atom stereocenters. The second kappa shape index (κ2) is 8.31. The van der Waals surface area contributed by atoms with Gasteiger partial charge < -0.3 is 14.6 Å². The smallest absolute Gasteiger partial charge is 0.0645 e. The number of aromatic nitrogens is 1. The van der Waals surface area contributed by atoms with Crippen molar-refractivity contribution in [3.63, 3.8) is 0 Å². The summed E-state index contributed by atoms with van der Waals surface area (Å²) in [6.07, 6.45) is 4.40. The summed E-state index contributed by atoms with van der Waals surface area (Å²) in [6, 6.07) is 4.71. The van der Waals surface area contributed by atoms with Gasteiger partial charge in [0.2, 0.25) is 0 Å². The Morgan fingerprint density at radius 2 is 2.12 bits per heavy atom. The zero-order valence-electron chi connectivity index (χ0n) is 11.4. The van der Waals surface area contributed by atoms with E-state index < -0.39 is 0 Å². The second-order valence-electron chi connectivity index (χ2n) is 4.41. The lowest BCUT2D eigenvalue weighted by Gasteiger charge is -2.17. The maximum Gasteiger partial charge on any atom is 0.0645 e. The van der Waals surface area contributed by atoms with E-state index in [0.717, 1.165) is 32.7 Å². The van der Waals surface area contributed by atoms with Crippen LogP contribution in [0.15, 0.2) is 18.3 Å². The monoisotopic (exact) mass is 238 g/mol. The van der Waals surface area contributed by atoms with Crippen LogP contribution < -0.4 is 5.32 Å². The van der Waals surface area contributed by atoms with E-state index in [0.29, 0.717) is 6.04 Å². The molecule has 1 heterocycles. The summed E-state index contributed by atoms with van der Waals surface area (Å²) in [5, 5.41) is 3.52. The third kappa shape index (κ3) is 4.92. The first-order chi connectivity index (χ1) is 8.29. The van der Waals surface area contributed by atoms with E-state index in [-0.39, 0.29) is 0 Å². The zero-order chi connectivity index (χ0) is 12.5. The van der Waals surface area contributed by atoms with Crippen molar-refractivity contribution in [3.8, 4) is 0 Å². The van der Waals surface area contributed by atoms with E-state index in [4.69, 9.17) is 4.74 Å². The number of ether oxygens (including phenoxy) is 1. The largest absolute Gasteiger partial charge is 0.380 e. The van der Waals surface area contributed by atoms with Crippen LogP contribution in [0.4, 0.5) is 0 Å². The summed E-state index contributed by atoms with van der Waals surface area (Å²) in [5.74, 6) is 0. The first kappa shape index (κ1) is 14.3. The molecule has 1 aromatic heterocycles. The molecule has 0 aliphatic heterocycles. The van der Waals surface area contributed by atoms with Crippen molar-refractivity contribution >= 4 is 0 Å². The highest BCUT2D eigenvalue weighted by Crippen LogP contribution is 2.13. The van der Waals surface area contributed by atoms with Gasteiger partial charge in [-0.3, -0.25) is 0 Å². The number of nitrogens with one attached hydrogen (secondary N) is 1. The van der Waals surface area contributed by atoms with Gasteiger partial charge in [0, 0.05) is 31.1 Å². The number of nitrogens with zero attached hydrogens (tertiary/aromatic N) is 1. The van der Waals surface area contributed by atoms with Crippen molar-refractivity contribution in [3.05, 3.63) is 24.0 Å². The first-order valence-electron chi connectivity index (χ1n) is 6.75. The molecule has 1 unspecified atom stereocenters. The summed E-state index contributed by atoms with van der Waals surface area (Å²) < 4.78 is 7.81. The molecule has 98 valence electrons. The van der Waals surface area contributed by atoms with Crippen molar-refractivity contribution in [2.24, 2.45) is 0 Å². The molecule has 0 bridgehead atoms. The van der Waals surface area contributed by atoms with Crippen molar-refractivity contribution in [1.82, 2.24) is 9.88 Å². The van der Waals surface area contributed by atoms with Crippen LogP contribution >= 0.6 is 0 Å². The van der Waals surface area contributed by atoms with Crippen molar-refractivity contribution < 1.29 is 4.74 Å². The third-order valence-electron chi connectivity index (χ3n) is 2.83. The highest BCUT2D eigenvalue weighted by molar-refractivity contribution is 5.11. The van der Waals surface area contributed by atoms with Gasteiger partial charge in [0.15, 0.2) is 0 Å². The maximum atomic E-state index is 5.53. The Morgan fingerprint density at radius 1 is 1.29 bits per heavy atom. The molecule has 0 saturated carbocycles. The molecule has 1 rings (SSSR count). The molecule has 1 N–H and O–H groups in total. The Bertz CT molecular complexity index is 296. The lowest BCUT2D eigenvalue weighted by atomic mass is 10.2. The highest BCUT2D eigenvalue weighted by Gasteiger charge is 2.08. The van der Waals surface area contributed by atoms with Crippen LogP contribution in [0.3, 0.4) is 0 Å². The van der Waals surface area contributed by atoms with E-state index in [2.05, 4.69) is 49.0 Å². The molecule has 0 aromatic carbocycles. The number of hydrogen-bond donors (Lipinski definition) is 1. The van der Waals surface area contributed by atoms with Gasteiger partial charge in [-0.25, -0.2) is 0 Å². The first-order valence-corrected chi connectivity index (χ1v) is 6.75. The topological polar surface area (TPSA) is 26.2 Å². The molecular weight excluding hydrogens is 212 g/mol. The molecule has 1 aromatic rings. The lowest BCUT2D eigenvalue weighted by Crippen LogP contribution is -2.22. The predicted octanol–water partition coefficient (Wildman–Crippen LogP) is 2.98. The van der Waals surface area contributed by atoms with E-state index in [1.54, 1.807) is 0 Å². The maximum absolute atomic E-state index is 5.53. The Hall–Kier alpha value is -0.800. The SMILES string of the molecule is CCCNC(C)c1cccn1CCOCCC. The third-order valence-corrected chi connectivity index (χ3v) is 2.83. The molecule has 3 heteroatoms. The quantitative estimate of drug-likeness (QED) is 0.669. The summed E-state index contributed by atoms with van der Waals surface area (Å²) >= 11 is 0. The Morgan fingerprint density at radius 3 is 2.82 bits per heavy atom. The fraction of sp³-hybridized carbons (Fsp3) is 0.714. The average Bonchev–Trinajstić information content (AvgIpc) is 2.80. The summed E-state index contributed by atoms with van der Waals surface area (Å²) in [7, 11) is 0. The van der Waals surface area contributed by atoms with Gasteiger partial charge in [0.25, 0.3) is 0 Å². The summed E-state index contributed by atoms with van der Waals surface area (Å²) in [5.41, 5.74) is 1.35. The number of hydrogen-bond acceptors (Lipinski definition) is 2. The minimum Gasteiger partial charge on any atom is -0.380 e. The van der Waals surface area contributed by atoms with E-state index in [1.807, 2.05) is 0 Å². The van der Waals surface area contributed by atoms with Crippen LogP contribution in [0.5, 0.6) is 0 Å². The lowest BCUT2D eigenvalue weighted by molar-refractivity contribution is 0.126. The average molecular weight is 238 g/mol. The molecule has 0 amide bonds. The fourth-order valence-corrected chi connectivity index (χ4v) is 1.90. The van der Waals surface area contributed by atoms with E-state index in [1.165, 1.54) is 12.1 Å². The molecule has 17 heavy (non-hydrogen) atoms. The summed E-state index contributed by atoms with van der Waals surface area (Å²) in [4.78, 5) is 0. The van der Waals surface area contributed by atoms with Crippen molar-refractivity contribution in [2.45, 2.75) is 46.2 Å². The predicted molar refractivity (Wildman–Crippen MR) is 72.3 cm³/mol. The van der Waals surface area contributed by atoms with Crippen LogP contribution in [0.2, 0.25) is 0 Å². The molecular formula is C14H26N2O. The molecule has 3 nitrogen and oxygen atoms in total. The van der Waals surface area contributed by atoms with Crippen LogP contribution in [0.1, 0.15) is 45.3 Å². The van der Waals surface area contributed by atoms with Crippen LogP contribution in [-0.4, -0.2) is 24.3 Å². The minimum atomic E-state index is 0.413. The highest BCUT2D eigenvalue weighted by atomic mass is 16.5. The van der Waals surface area contributed by atoms with Crippen LogP contribution in [0.25, 0.3) is 0 Å². The van der Waals surface area contributed by atoms with Gasteiger partial charge in [0.1, 0.15) is 0 Å². The van der Waals surface area contributed by atoms with E-state index in [9.17, 15) is 0 Å². The minimum absolute atomic E-state index is 0.413. The van der Waals surface area contributed by atoms with Gasteiger partial charge >= 0.3 is 0 Å². The second-order valence-corrected chi connectivity index (χ2v) is 4.41. The van der Waals surface area contributed by atoms with Crippen molar-refractivity contribution in [2.75, 3.05) is 19.8 Å². The number of rotatable bonds is 9. The molecule has 0 fully saturated rings. The molecule has 0 spiro atoms. The molecule has 0 aliphatic rings. The van der Waals surface area contributed by atoms with Gasteiger partial charge in [-0.1, -0.05) is 13.8 Å². The van der Waals surface area contributed by atoms with E-state index >= 15 is 0 Å². The summed E-state index contributed by atoms with van der Waals surface area (Å²) in [6.45, 7) is 10.2. The fourth-order valence-electron chi connectivity index (χ4n) is 1.90. The molecule has 0 saturated heterocycles. The Labute approximate surface area is 105 Å². The normalized spacial score (nSPS) is 12.9. The van der Waals surface area contributed by atoms with Crippen molar-refractivity contribution in [1.29, 1.82) is 0 Å². The van der Waals surface area contributed by atoms with Gasteiger partial charge in [-0.2, -0.15) is 0 Å². The standard InChI is InChI=1S/C14H26N2O/c1-4-8-15-13(3)14-7-6-9-16(14)10-12-17-11-5-2/h6-7,9,13,15H,4-5,8,10-12H2,1-3H3. The van der Waals surface area contributed by atoms with Gasteiger partial charge in [-0.15, -0.1) is 0 Å². The Kier molecular flexibility index (Phi) is 6.97. The molecule has 0 radical (unpaired) electrons. The zero-order valence-corrected chi connectivity index (χ0v) is 11.4.